The highest BCUT2D eigenvalue weighted by molar-refractivity contribution is 6.08. The maximum Gasteiger partial charge on any atom is 0.323 e. The Hall–Kier alpha value is -4.58. The van der Waals surface area contributed by atoms with Gasteiger partial charge in [-0.25, -0.2) is 9.79 Å². The van der Waals surface area contributed by atoms with Crippen molar-refractivity contribution in [1.82, 2.24) is 15.2 Å². The number of hydrogen-bond donors (Lipinski definition) is 5. The van der Waals surface area contributed by atoms with Crippen LogP contribution in [-0.4, -0.2) is 89.2 Å². The molecule has 1 aromatic heterocycles. The van der Waals surface area contributed by atoms with Gasteiger partial charge in [0.25, 0.3) is 0 Å². The molecule has 1 aliphatic rings. The van der Waals surface area contributed by atoms with Crippen molar-refractivity contribution in [1.29, 1.82) is 10.7 Å². The zero-order valence-corrected chi connectivity index (χ0v) is 26.7. The summed E-state index contributed by atoms with van der Waals surface area (Å²) in [6.45, 7) is 6.94. The molecule has 14 nitrogen and oxygen atoms in total. The number of amides is 2. The van der Waals surface area contributed by atoms with Crippen molar-refractivity contribution >= 4 is 30.1 Å². The quantitative estimate of drug-likeness (QED) is 0.124. The lowest BCUT2D eigenvalue weighted by Crippen LogP contribution is -2.46. The highest BCUT2D eigenvalue weighted by atomic mass is 16.6. The molecular weight excluding hydrogens is 594 g/mol. The Labute approximate surface area is 268 Å². The minimum Gasteiger partial charge on any atom is -0.463 e. The number of amidine groups is 1. The van der Waals surface area contributed by atoms with E-state index in [9.17, 15) is 24.8 Å². The van der Waals surface area contributed by atoms with Crippen LogP contribution in [0.5, 0.6) is 0 Å². The summed E-state index contributed by atoms with van der Waals surface area (Å²) in [5.74, 6) is -1.72. The molecule has 46 heavy (non-hydrogen) atoms. The minimum absolute atomic E-state index is 0.0142. The third-order valence-electron chi connectivity index (χ3n) is 7.89. The molecule has 1 saturated heterocycles. The Morgan fingerprint density at radius 2 is 1.96 bits per heavy atom. The Balaban J connectivity index is 1.89. The smallest absolute Gasteiger partial charge is 0.323 e. The van der Waals surface area contributed by atoms with Crippen molar-refractivity contribution < 1.29 is 33.7 Å². The molecule has 1 aliphatic heterocycles. The highest BCUT2D eigenvalue weighted by Crippen LogP contribution is 2.41. The number of rotatable bonds is 13. The Morgan fingerprint density at radius 3 is 2.57 bits per heavy atom. The molecule has 0 radical (unpaired) electrons. The molecule has 1 aromatic carbocycles. The molecule has 0 spiro atoms. The second-order valence-electron chi connectivity index (χ2n) is 11.5. The molecule has 1 fully saturated rings. The molecule has 2 aromatic rings. The Morgan fingerprint density at radius 1 is 1.26 bits per heavy atom. The first-order valence-electron chi connectivity index (χ1n) is 15.1. The molecule has 6 atom stereocenters. The molecule has 6 N–H and O–H groups in total. The number of nitriles is 1. The third kappa shape index (κ3) is 8.36. The molecule has 0 aliphatic carbocycles. The number of aliphatic imine (C=N–C) groups is 1. The van der Waals surface area contributed by atoms with E-state index < -0.39 is 54.5 Å². The molecule has 0 saturated carbocycles. The molecule has 14 heteroatoms. The minimum atomic E-state index is -2.12. The van der Waals surface area contributed by atoms with E-state index in [0.29, 0.717) is 0 Å². The maximum atomic E-state index is 12.9. The van der Waals surface area contributed by atoms with Crippen molar-refractivity contribution in [2.75, 3.05) is 13.7 Å². The number of nitrogens with zero attached hydrogens (tertiary/aromatic N) is 3. The number of carbonyl (C=O) groups is 3. The number of esters is 2. The summed E-state index contributed by atoms with van der Waals surface area (Å²) >= 11 is 0. The van der Waals surface area contributed by atoms with Crippen molar-refractivity contribution in [2.24, 2.45) is 16.6 Å². The average Bonchev–Trinajstić information content (AvgIpc) is 3.63. The zero-order valence-electron chi connectivity index (χ0n) is 26.7. The number of urea groups is 1. The van der Waals surface area contributed by atoms with E-state index in [-0.39, 0.29) is 35.6 Å². The number of nitrogens with two attached hydrogens (primary N) is 1. The fourth-order valence-corrected chi connectivity index (χ4v) is 4.91. The molecule has 0 bridgehead atoms. The Bertz CT molecular complexity index is 1440. The van der Waals surface area contributed by atoms with E-state index in [1.165, 1.54) is 17.0 Å². The van der Waals surface area contributed by atoms with Gasteiger partial charge < -0.3 is 34.9 Å². The standard InChI is InChI=1S/C32H43N7O7/c1-6-10-20(4)39(5)31(43)38-29(36-18-34)22-13-14-24(37-22)32(17-33)28(41)27(45-30(42)26(35)19(2)3)23(46-32)16-44-25(40)15-21-11-8-7-9-12-21/h7-9,11-14,18-20,23,26-28,37,41H,6,10,15-16,35H2,1-5H3,(H2,34,36,38,43)/t20?,23-,26+,27-,28-,32+/m1/s1. The summed E-state index contributed by atoms with van der Waals surface area (Å²) in [5, 5.41) is 32.1. The summed E-state index contributed by atoms with van der Waals surface area (Å²) < 4.78 is 17.1. The average molecular weight is 638 g/mol. The van der Waals surface area contributed by atoms with Crippen LogP contribution in [-0.2, 0) is 35.8 Å². The van der Waals surface area contributed by atoms with Crippen molar-refractivity contribution in [3.05, 3.63) is 59.4 Å². The van der Waals surface area contributed by atoms with Crippen LogP contribution in [0.4, 0.5) is 4.79 Å². The number of benzene rings is 1. The molecule has 1 unspecified atom stereocenters. The topological polar surface area (TPSA) is 216 Å². The molecule has 3 rings (SSSR count). The summed E-state index contributed by atoms with van der Waals surface area (Å²) in [4.78, 5) is 46.8. The normalized spacial score (nSPS) is 22.4. The highest BCUT2D eigenvalue weighted by Gasteiger charge is 2.59. The van der Waals surface area contributed by atoms with E-state index in [4.69, 9.17) is 25.4 Å². The van der Waals surface area contributed by atoms with Crippen LogP contribution in [0.1, 0.15) is 57.5 Å². The van der Waals surface area contributed by atoms with Gasteiger partial charge in [0, 0.05) is 13.1 Å². The van der Waals surface area contributed by atoms with E-state index in [1.54, 1.807) is 45.2 Å². The van der Waals surface area contributed by atoms with E-state index in [0.717, 1.165) is 24.7 Å². The van der Waals surface area contributed by atoms with E-state index in [2.05, 4.69) is 15.3 Å². The van der Waals surface area contributed by atoms with Gasteiger partial charge >= 0.3 is 18.0 Å². The third-order valence-corrected chi connectivity index (χ3v) is 7.89. The fraction of sp³-hybridized carbons (Fsp3) is 0.500. The second kappa shape index (κ2) is 16.1. The molecule has 2 amide bonds. The van der Waals surface area contributed by atoms with Gasteiger partial charge in [-0.1, -0.05) is 57.5 Å². The summed E-state index contributed by atoms with van der Waals surface area (Å²) in [6.07, 6.45) is -2.04. The first-order chi connectivity index (χ1) is 21.9. The summed E-state index contributed by atoms with van der Waals surface area (Å²) in [7, 11) is 1.64. The van der Waals surface area contributed by atoms with Gasteiger partial charge in [0.05, 0.1) is 17.8 Å². The van der Waals surface area contributed by atoms with Crippen LogP contribution in [0.25, 0.3) is 0 Å². The van der Waals surface area contributed by atoms with Gasteiger partial charge in [0.1, 0.15) is 37.3 Å². The predicted molar refractivity (Wildman–Crippen MR) is 169 cm³/mol. The van der Waals surface area contributed by atoms with Gasteiger partial charge in [-0.3, -0.25) is 20.3 Å². The number of aromatic amines is 1. The number of H-pyrrole nitrogens is 1. The van der Waals surface area contributed by atoms with Crippen LogP contribution in [0.3, 0.4) is 0 Å². The van der Waals surface area contributed by atoms with Gasteiger partial charge in [-0.15, -0.1) is 0 Å². The van der Waals surface area contributed by atoms with Gasteiger partial charge in [0.15, 0.2) is 11.9 Å². The van der Waals surface area contributed by atoms with Crippen LogP contribution in [0.2, 0.25) is 0 Å². The van der Waals surface area contributed by atoms with E-state index >= 15 is 0 Å². The number of nitrogens with one attached hydrogen (secondary N) is 3. The lowest BCUT2D eigenvalue weighted by molar-refractivity contribution is -0.162. The van der Waals surface area contributed by atoms with Gasteiger partial charge in [-0.05, 0) is 37.0 Å². The van der Waals surface area contributed by atoms with Gasteiger partial charge in [-0.2, -0.15) is 5.26 Å². The number of carbonyl (C=O) groups excluding carboxylic acids is 3. The first-order valence-corrected chi connectivity index (χ1v) is 15.1. The predicted octanol–water partition coefficient (Wildman–Crippen LogP) is 2.36. The summed E-state index contributed by atoms with van der Waals surface area (Å²) in [5.41, 5.74) is 4.84. The summed E-state index contributed by atoms with van der Waals surface area (Å²) in [6, 6.07) is 12.3. The number of hydrogen-bond acceptors (Lipinski definition) is 10. The maximum absolute atomic E-state index is 12.9. The molecule has 2 heterocycles. The number of aliphatic hydroxyl groups excluding tert-OH is 1. The monoisotopic (exact) mass is 637 g/mol. The van der Waals surface area contributed by atoms with Gasteiger partial charge in [0.2, 0.25) is 5.60 Å². The molecule has 248 valence electrons. The van der Waals surface area contributed by atoms with Crippen LogP contribution in [0, 0.1) is 22.7 Å². The lowest BCUT2D eigenvalue weighted by atomic mass is 9.92. The zero-order chi connectivity index (χ0) is 34.0. The largest absolute Gasteiger partial charge is 0.463 e. The number of aromatic nitrogens is 1. The van der Waals surface area contributed by atoms with Crippen LogP contribution < -0.4 is 11.1 Å². The molecular formula is C32H43N7O7. The van der Waals surface area contributed by atoms with Crippen LogP contribution >= 0.6 is 0 Å². The van der Waals surface area contributed by atoms with Crippen molar-refractivity contribution in [3.63, 3.8) is 0 Å². The fourth-order valence-electron chi connectivity index (χ4n) is 4.91. The Kier molecular flexibility index (Phi) is 12.6. The van der Waals surface area contributed by atoms with Crippen molar-refractivity contribution in [2.45, 2.75) is 83.0 Å². The SMILES string of the molecule is CCCC(C)N(C)C(=O)NC(=NC=N)c1ccc([C@]2(C#N)O[C@H](COC(=O)Cc3ccccc3)[C@@H](OC(=O)[C@@H](N)C(C)C)[C@H]2O)[nH]1. The van der Waals surface area contributed by atoms with Crippen molar-refractivity contribution in [3.8, 4) is 6.07 Å². The lowest BCUT2D eigenvalue weighted by Gasteiger charge is -2.25. The number of aliphatic hydroxyl groups is 1. The van der Waals surface area contributed by atoms with E-state index in [1.807, 2.05) is 26.0 Å². The second-order valence-corrected chi connectivity index (χ2v) is 11.5. The number of ether oxygens (including phenoxy) is 3. The van der Waals surface area contributed by atoms with Crippen LogP contribution in [0.15, 0.2) is 47.5 Å². The first kappa shape index (κ1) is 35.9.